The predicted molar refractivity (Wildman–Crippen MR) is 115 cm³/mol. The van der Waals surface area contributed by atoms with E-state index < -0.39 is 11.4 Å². The molecule has 150 valence electrons. The largest absolute Gasteiger partial charge is 0.488 e. The van der Waals surface area contributed by atoms with E-state index in [2.05, 4.69) is 0 Å². The SMILES string of the molecule is CC(C)Oc1ccc(N2C(=S)N(c3ccc(C#N)c(Cl)c3)C(=O)C2(C)C)cc1F. The zero-order valence-corrected chi connectivity index (χ0v) is 17.9. The number of ether oxygens (including phenoxy) is 1. The van der Waals surface area contributed by atoms with Crippen molar-refractivity contribution in [3.8, 4) is 11.8 Å². The molecule has 8 heteroatoms. The number of carbonyl (C=O) groups excluding carboxylic acids is 1. The lowest BCUT2D eigenvalue weighted by atomic mass is 10.0. The van der Waals surface area contributed by atoms with Crippen LogP contribution in [0.15, 0.2) is 36.4 Å². The van der Waals surface area contributed by atoms with E-state index in [1.165, 1.54) is 29.2 Å². The molecule has 1 aliphatic heterocycles. The Morgan fingerprint density at radius 1 is 1.21 bits per heavy atom. The minimum Gasteiger partial charge on any atom is -0.488 e. The highest BCUT2D eigenvalue weighted by Gasteiger charge is 2.50. The Labute approximate surface area is 179 Å². The van der Waals surface area contributed by atoms with Crippen LogP contribution < -0.4 is 14.5 Å². The van der Waals surface area contributed by atoms with Crippen LogP contribution in [-0.4, -0.2) is 22.7 Å². The maximum absolute atomic E-state index is 14.6. The van der Waals surface area contributed by atoms with Gasteiger partial charge in [-0.1, -0.05) is 11.6 Å². The molecule has 2 aromatic carbocycles. The highest BCUT2D eigenvalue weighted by atomic mass is 35.5. The number of benzene rings is 2. The third-order valence-electron chi connectivity index (χ3n) is 4.54. The Kier molecular flexibility index (Phi) is 5.52. The third-order valence-corrected chi connectivity index (χ3v) is 5.21. The molecule has 5 nitrogen and oxygen atoms in total. The lowest BCUT2D eigenvalue weighted by Gasteiger charge is -2.29. The fourth-order valence-electron chi connectivity index (χ4n) is 3.17. The van der Waals surface area contributed by atoms with Crippen LogP contribution in [0.2, 0.25) is 5.02 Å². The highest BCUT2D eigenvalue weighted by molar-refractivity contribution is 7.81. The third kappa shape index (κ3) is 3.66. The minimum absolute atomic E-state index is 0.133. The van der Waals surface area contributed by atoms with Gasteiger partial charge in [0.1, 0.15) is 11.6 Å². The summed E-state index contributed by atoms with van der Waals surface area (Å²) in [5.74, 6) is -0.693. The fourth-order valence-corrected chi connectivity index (χ4v) is 3.91. The van der Waals surface area contributed by atoms with E-state index in [9.17, 15) is 9.18 Å². The van der Waals surface area contributed by atoms with Gasteiger partial charge >= 0.3 is 0 Å². The van der Waals surface area contributed by atoms with Gasteiger partial charge in [-0.2, -0.15) is 5.26 Å². The van der Waals surface area contributed by atoms with Crippen molar-refractivity contribution in [1.82, 2.24) is 0 Å². The maximum Gasteiger partial charge on any atom is 0.259 e. The Bertz CT molecular complexity index is 1050. The van der Waals surface area contributed by atoms with Crippen LogP contribution in [0.4, 0.5) is 15.8 Å². The summed E-state index contributed by atoms with van der Waals surface area (Å²) in [7, 11) is 0. The summed E-state index contributed by atoms with van der Waals surface area (Å²) < 4.78 is 20.0. The second-order valence-corrected chi connectivity index (χ2v) is 8.15. The molecule has 0 atom stereocenters. The van der Waals surface area contributed by atoms with E-state index in [-0.39, 0.29) is 27.9 Å². The van der Waals surface area contributed by atoms with Crippen LogP contribution in [0, 0.1) is 17.1 Å². The number of nitrogens with zero attached hydrogens (tertiary/aromatic N) is 3. The van der Waals surface area contributed by atoms with Crippen molar-refractivity contribution in [2.45, 2.75) is 39.3 Å². The first-order chi connectivity index (χ1) is 13.6. The second-order valence-electron chi connectivity index (χ2n) is 7.37. The van der Waals surface area contributed by atoms with Gasteiger partial charge in [-0.3, -0.25) is 9.69 Å². The summed E-state index contributed by atoms with van der Waals surface area (Å²) in [4.78, 5) is 16.1. The molecule has 3 rings (SSSR count). The summed E-state index contributed by atoms with van der Waals surface area (Å²) in [6, 6.07) is 11.1. The number of hydrogen-bond donors (Lipinski definition) is 0. The first-order valence-corrected chi connectivity index (χ1v) is 9.71. The minimum atomic E-state index is -1.05. The van der Waals surface area contributed by atoms with Gasteiger partial charge in [0.15, 0.2) is 16.7 Å². The van der Waals surface area contributed by atoms with Crippen LogP contribution in [0.5, 0.6) is 5.75 Å². The summed E-state index contributed by atoms with van der Waals surface area (Å²) in [5.41, 5.74) is 0.126. The first kappa shape index (κ1) is 21.0. The van der Waals surface area contributed by atoms with Crippen molar-refractivity contribution in [3.05, 3.63) is 52.8 Å². The van der Waals surface area contributed by atoms with Crippen LogP contribution >= 0.6 is 23.8 Å². The van der Waals surface area contributed by atoms with E-state index in [0.717, 1.165) is 0 Å². The Hall–Kier alpha value is -2.69. The summed E-state index contributed by atoms with van der Waals surface area (Å²) in [6.07, 6.45) is -0.169. The molecule has 1 amide bonds. The predicted octanol–water partition coefficient (Wildman–Crippen LogP) is 5.05. The van der Waals surface area contributed by atoms with Gasteiger partial charge in [-0.15, -0.1) is 0 Å². The van der Waals surface area contributed by atoms with Gasteiger partial charge in [-0.25, -0.2) is 4.39 Å². The van der Waals surface area contributed by atoms with E-state index in [4.69, 9.17) is 33.8 Å². The monoisotopic (exact) mass is 431 g/mol. The summed E-state index contributed by atoms with van der Waals surface area (Å²) in [6.45, 7) is 7.04. The summed E-state index contributed by atoms with van der Waals surface area (Å²) >= 11 is 11.7. The number of halogens is 2. The zero-order chi connectivity index (χ0) is 21.5. The molecule has 1 aliphatic rings. The molecule has 0 aliphatic carbocycles. The molecule has 0 bridgehead atoms. The van der Waals surface area contributed by atoms with Gasteiger partial charge in [0, 0.05) is 11.8 Å². The molecule has 0 spiro atoms. The highest BCUT2D eigenvalue weighted by Crippen LogP contribution is 2.38. The van der Waals surface area contributed by atoms with E-state index in [1.54, 1.807) is 30.9 Å². The van der Waals surface area contributed by atoms with Crippen LogP contribution in [0.1, 0.15) is 33.3 Å². The lowest BCUT2D eigenvalue weighted by molar-refractivity contribution is -0.120. The van der Waals surface area contributed by atoms with Gasteiger partial charge in [0.05, 0.1) is 22.4 Å². The number of rotatable bonds is 4. The van der Waals surface area contributed by atoms with Crippen molar-refractivity contribution >= 4 is 46.2 Å². The van der Waals surface area contributed by atoms with Crippen molar-refractivity contribution in [3.63, 3.8) is 0 Å². The van der Waals surface area contributed by atoms with E-state index >= 15 is 0 Å². The van der Waals surface area contributed by atoms with E-state index in [0.29, 0.717) is 16.9 Å². The number of hydrogen-bond acceptors (Lipinski definition) is 4. The fraction of sp³-hybridized carbons (Fsp3) is 0.286. The number of nitriles is 1. The molecule has 0 unspecified atom stereocenters. The molecule has 1 fully saturated rings. The molecule has 1 heterocycles. The molecule has 0 N–H and O–H groups in total. The van der Waals surface area contributed by atoms with Crippen LogP contribution in [0.3, 0.4) is 0 Å². The van der Waals surface area contributed by atoms with Gasteiger partial charge in [0.2, 0.25) is 0 Å². The average molecular weight is 432 g/mol. The second kappa shape index (κ2) is 7.62. The van der Waals surface area contributed by atoms with Crippen LogP contribution in [0.25, 0.3) is 0 Å². The molecular formula is C21H19ClFN3O2S. The number of amides is 1. The number of thiocarbonyl (C=S) groups is 1. The smallest absolute Gasteiger partial charge is 0.259 e. The quantitative estimate of drug-likeness (QED) is 0.633. The number of carbonyl (C=O) groups is 1. The zero-order valence-electron chi connectivity index (χ0n) is 16.4. The normalized spacial score (nSPS) is 15.8. The molecular weight excluding hydrogens is 413 g/mol. The maximum atomic E-state index is 14.6. The summed E-state index contributed by atoms with van der Waals surface area (Å²) in [5, 5.41) is 9.47. The van der Waals surface area contributed by atoms with Gasteiger partial charge in [-0.05, 0) is 70.2 Å². The lowest BCUT2D eigenvalue weighted by Crippen LogP contribution is -2.44. The molecule has 0 radical (unpaired) electrons. The van der Waals surface area contributed by atoms with Crippen molar-refractivity contribution < 1.29 is 13.9 Å². The van der Waals surface area contributed by atoms with E-state index in [1.807, 2.05) is 19.9 Å². The molecule has 29 heavy (non-hydrogen) atoms. The van der Waals surface area contributed by atoms with Gasteiger partial charge in [0.25, 0.3) is 5.91 Å². The van der Waals surface area contributed by atoms with Crippen LogP contribution in [-0.2, 0) is 4.79 Å². The average Bonchev–Trinajstić information content (AvgIpc) is 2.81. The van der Waals surface area contributed by atoms with Gasteiger partial charge < -0.3 is 9.64 Å². The van der Waals surface area contributed by atoms with Crippen molar-refractivity contribution in [2.75, 3.05) is 9.80 Å². The molecule has 2 aromatic rings. The Balaban J connectivity index is 2.02. The molecule has 0 saturated carbocycles. The van der Waals surface area contributed by atoms with Crippen molar-refractivity contribution in [1.29, 1.82) is 5.26 Å². The first-order valence-electron chi connectivity index (χ1n) is 8.92. The Morgan fingerprint density at radius 2 is 1.86 bits per heavy atom. The standard InChI is InChI=1S/C21H19ClFN3O2S/c1-12(2)28-18-8-7-15(10-17(18)23)26-20(29)25(19(27)21(26,3)4)14-6-5-13(11-24)16(22)9-14/h5-10,12H,1-4H3. The molecule has 1 saturated heterocycles. The Morgan fingerprint density at radius 3 is 2.41 bits per heavy atom. The topological polar surface area (TPSA) is 56.6 Å². The van der Waals surface area contributed by atoms with Crippen molar-refractivity contribution in [2.24, 2.45) is 0 Å². The number of anilines is 2. The molecule has 0 aromatic heterocycles.